The first-order valence-electron chi connectivity index (χ1n) is 7.78. The van der Waals surface area contributed by atoms with E-state index in [9.17, 15) is 0 Å². The van der Waals surface area contributed by atoms with Gasteiger partial charge in [0.25, 0.3) is 0 Å². The molecule has 1 N–H and O–H groups in total. The summed E-state index contributed by atoms with van der Waals surface area (Å²) >= 11 is 1.45. The zero-order chi connectivity index (χ0) is 17.1. The molecule has 124 valence electrons. The van der Waals surface area contributed by atoms with Crippen LogP contribution in [0.1, 0.15) is 11.5 Å². The molecule has 0 fully saturated rings. The first kappa shape index (κ1) is 15.6. The van der Waals surface area contributed by atoms with Gasteiger partial charge in [0, 0.05) is 11.1 Å². The number of H-pyrrole nitrogens is 1. The van der Waals surface area contributed by atoms with Crippen LogP contribution in [0.4, 0.5) is 0 Å². The Morgan fingerprint density at radius 1 is 0.960 bits per heavy atom. The molecular formula is C18H15N5OS. The Kier molecular flexibility index (Phi) is 4.30. The predicted molar refractivity (Wildman–Crippen MR) is 95.9 cm³/mol. The van der Waals surface area contributed by atoms with E-state index in [1.165, 1.54) is 17.3 Å². The highest BCUT2D eigenvalue weighted by Gasteiger charge is 2.11. The Morgan fingerprint density at radius 2 is 1.76 bits per heavy atom. The summed E-state index contributed by atoms with van der Waals surface area (Å²) in [5.74, 6) is 2.33. The van der Waals surface area contributed by atoms with Crippen molar-refractivity contribution < 1.29 is 4.42 Å². The maximum atomic E-state index is 5.69. The SMILES string of the molecule is Cc1ccc(-c2nc(SCc3nnc(-c4ccccc4)o3)n[nH]2)cc1. The van der Waals surface area contributed by atoms with Gasteiger partial charge in [0.05, 0.1) is 5.75 Å². The van der Waals surface area contributed by atoms with Gasteiger partial charge < -0.3 is 4.42 Å². The fourth-order valence-corrected chi connectivity index (χ4v) is 2.92. The fraction of sp³-hybridized carbons (Fsp3) is 0.111. The van der Waals surface area contributed by atoms with E-state index >= 15 is 0 Å². The number of thioether (sulfide) groups is 1. The molecule has 0 aliphatic rings. The third-order valence-corrected chi connectivity index (χ3v) is 4.43. The second-order valence-electron chi connectivity index (χ2n) is 5.49. The van der Waals surface area contributed by atoms with E-state index < -0.39 is 0 Å². The number of hydrogen-bond donors (Lipinski definition) is 1. The van der Waals surface area contributed by atoms with E-state index in [0.29, 0.717) is 22.7 Å². The number of nitrogens with zero attached hydrogens (tertiary/aromatic N) is 4. The molecule has 0 radical (unpaired) electrons. The lowest BCUT2D eigenvalue weighted by Crippen LogP contribution is -1.82. The Balaban J connectivity index is 1.42. The number of aromatic amines is 1. The number of rotatable bonds is 5. The highest BCUT2D eigenvalue weighted by atomic mass is 32.2. The largest absolute Gasteiger partial charge is 0.420 e. The normalized spacial score (nSPS) is 10.9. The van der Waals surface area contributed by atoms with Crippen LogP contribution in [0.5, 0.6) is 0 Å². The molecule has 0 aliphatic carbocycles. The summed E-state index contributed by atoms with van der Waals surface area (Å²) in [6.45, 7) is 2.06. The monoisotopic (exact) mass is 349 g/mol. The zero-order valence-corrected chi connectivity index (χ0v) is 14.3. The highest BCUT2D eigenvalue weighted by molar-refractivity contribution is 7.98. The van der Waals surface area contributed by atoms with Crippen LogP contribution in [0.3, 0.4) is 0 Å². The van der Waals surface area contributed by atoms with E-state index in [1.54, 1.807) is 0 Å². The van der Waals surface area contributed by atoms with Crippen molar-refractivity contribution >= 4 is 11.8 Å². The summed E-state index contributed by atoms with van der Waals surface area (Å²) in [6.07, 6.45) is 0. The van der Waals surface area contributed by atoms with Crippen molar-refractivity contribution in [3.8, 4) is 22.8 Å². The second kappa shape index (κ2) is 6.90. The molecule has 0 saturated carbocycles. The molecule has 2 heterocycles. The molecule has 4 rings (SSSR count). The van der Waals surface area contributed by atoms with Crippen LogP contribution >= 0.6 is 11.8 Å². The quantitative estimate of drug-likeness (QED) is 0.546. The molecule has 0 saturated heterocycles. The predicted octanol–water partition coefficient (Wildman–Crippen LogP) is 4.12. The third-order valence-electron chi connectivity index (χ3n) is 3.60. The molecule has 0 bridgehead atoms. The minimum Gasteiger partial charge on any atom is -0.420 e. The first-order chi connectivity index (χ1) is 12.3. The summed E-state index contributed by atoms with van der Waals surface area (Å²) in [5.41, 5.74) is 3.13. The average Bonchev–Trinajstić information content (AvgIpc) is 3.31. The molecule has 0 aliphatic heterocycles. The van der Waals surface area contributed by atoms with Crippen LogP contribution in [0.15, 0.2) is 64.2 Å². The van der Waals surface area contributed by atoms with Crippen molar-refractivity contribution in [1.29, 1.82) is 0 Å². The van der Waals surface area contributed by atoms with Crippen molar-refractivity contribution in [3.05, 3.63) is 66.1 Å². The van der Waals surface area contributed by atoms with Gasteiger partial charge in [-0.2, -0.15) is 0 Å². The van der Waals surface area contributed by atoms with Gasteiger partial charge in [-0.15, -0.1) is 15.3 Å². The number of hydrogen-bond acceptors (Lipinski definition) is 6. The summed E-state index contributed by atoms with van der Waals surface area (Å²) in [7, 11) is 0. The van der Waals surface area contributed by atoms with Crippen LogP contribution in [0, 0.1) is 6.92 Å². The summed E-state index contributed by atoms with van der Waals surface area (Å²) in [4.78, 5) is 4.50. The molecule has 0 atom stereocenters. The molecule has 6 nitrogen and oxygen atoms in total. The third kappa shape index (κ3) is 3.61. The van der Waals surface area contributed by atoms with Gasteiger partial charge in [-0.3, -0.25) is 5.10 Å². The molecular weight excluding hydrogens is 334 g/mol. The van der Waals surface area contributed by atoms with Gasteiger partial charge in [0.2, 0.25) is 16.9 Å². The number of aryl methyl sites for hydroxylation is 1. The minimum atomic E-state index is 0.519. The van der Waals surface area contributed by atoms with Crippen LogP contribution in [0.2, 0.25) is 0 Å². The molecule has 7 heteroatoms. The summed E-state index contributed by atoms with van der Waals surface area (Å²) < 4.78 is 5.69. The van der Waals surface area contributed by atoms with E-state index in [1.807, 2.05) is 54.6 Å². The number of benzene rings is 2. The summed E-state index contributed by atoms with van der Waals surface area (Å²) in [5, 5.41) is 16.0. The van der Waals surface area contributed by atoms with Crippen LogP contribution in [-0.2, 0) is 5.75 Å². The molecule has 4 aromatic rings. The zero-order valence-electron chi connectivity index (χ0n) is 13.5. The lowest BCUT2D eigenvalue weighted by molar-refractivity contribution is 0.528. The number of nitrogens with one attached hydrogen (secondary N) is 1. The molecule has 25 heavy (non-hydrogen) atoms. The standard InChI is InChI=1S/C18H15N5OS/c1-12-7-9-13(10-8-12)16-19-18(23-21-16)25-11-15-20-22-17(24-15)14-5-3-2-4-6-14/h2-10H,11H2,1H3,(H,19,21,23). The average molecular weight is 349 g/mol. The fourth-order valence-electron chi connectivity index (χ4n) is 2.29. The van der Waals surface area contributed by atoms with Gasteiger partial charge in [0.1, 0.15) is 0 Å². The van der Waals surface area contributed by atoms with Crippen molar-refractivity contribution in [2.24, 2.45) is 0 Å². The van der Waals surface area contributed by atoms with Crippen molar-refractivity contribution in [3.63, 3.8) is 0 Å². The van der Waals surface area contributed by atoms with Gasteiger partial charge in [-0.25, -0.2) is 4.98 Å². The Morgan fingerprint density at radius 3 is 2.56 bits per heavy atom. The molecule has 0 unspecified atom stereocenters. The lowest BCUT2D eigenvalue weighted by atomic mass is 10.1. The topological polar surface area (TPSA) is 80.5 Å². The van der Waals surface area contributed by atoms with E-state index in [-0.39, 0.29) is 0 Å². The second-order valence-corrected chi connectivity index (χ2v) is 6.43. The van der Waals surface area contributed by atoms with E-state index in [0.717, 1.165) is 17.0 Å². The lowest BCUT2D eigenvalue weighted by Gasteiger charge is -1.96. The molecule has 0 amide bonds. The van der Waals surface area contributed by atoms with Crippen molar-refractivity contribution in [2.75, 3.05) is 0 Å². The maximum absolute atomic E-state index is 5.69. The maximum Gasteiger partial charge on any atom is 0.247 e. The Labute approximate surface area is 148 Å². The summed E-state index contributed by atoms with van der Waals surface area (Å²) in [6, 6.07) is 17.8. The number of aromatic nitrogens is 5. The molecule has 2 aromatic carbocycles. The van der Waals surface area contributed by atoms with Crippen molar-refractivity contribution in [2.45, 2.75) is 17.8 Å². The van der Waals surface area contributed by atoms with Gasteiger partial charge in [-0.1, -0.05) is 59.8 Å². The van der Waals surface area contributed by atoms with Crippen molar-refractivity contribution in [1.82, 2.24) is 25.4 Å². The van der Waals surface area contributed by atoms with Crippen LogP contribution < -0.4 is 0 Å². The van der Waals surface area contributed by atoms with Gasteiger partial charge in [0.15, 0.2) is 5.82 Å². The molecule has 2 aromatic heterocycles. The van der Waals surface area contributed by atoms with Crippen LogP contribution in [0.25, 0.3) is 22.8 Å². The smallest absolute Gasteiger partial charge is 0.247 e. The highest BCUT2D eigenvalue weighted by Crippen LogP contribution is 2.24. The van der Waals surface area contributed by atoms with E-state index in [2.05, 4.69) is 32.3 Å². The van der Waals surface area contributed by atoms with Crippen LogP contribution in [-0.4, -0.2) is 25.4 Å². The minimum absolute atomic E-state index is 0.519. The van der Waals surface area contributed by atoms with Gasteiger partial charge in [-0.05, 0) is 19.1 Å². The molecule has 0 spiro atoms. The Hall–Kier alpha value is -2.93. The first-order valence-corrected chi connectivity index (χ1v) is 8.76. The van der Waals surface area contributed by atoms with Gasteiger partial charge >= 0.3 is 0 Å². The Bertz CT molecular complexity index is 963. The van der Waals surface area contributed by atoms with E-state index in [4.69, 9.17) is 4.42 Å².